The van der Waals surface area contributed by atoms with Crippen LogP contribution < -0.4 is 5.56 Å². The normalized spacial score (nSPS) is 12.0. The number of nitrogens with one attached hydrogen (secondary N) is 1. The summed E-state index contributed by atoms with van der Waals surface area (Å²) < 4.78 is 47.8. The number of hydrogen-bond donors (Lipinski definition) is 1. The molecule has 0 radical (unpaired) electrons. The molecule has 0 saturated carbocycles. The third kappa shape index (κ3) is 4.08. The van der Waals surface area contributed by atoms with E-state index in [0.717, 1.165) is 17.4 Å². The summed E-state index contributed by atoms with van der Waals surface area (Å²) in [7, 11) is 1.52. The molecule has 1 N–H and O–H groups in total. The standard InChI is InChI=1S/C16H13ClF3N3O2S2/c1-25-6-2-5-23-13-12(14(24)22-15(23)26)8(16(18,19)20)7-9(21-13)10-3-4-11(17)27-10/h3-4,7H,2,5-6H2,1H3,(H,22,24,26). The number of fused-ring (bicyclic) bond motifs is 1. The molecule has 0 unspecified atom stereocenters. The first-order chi connectivity index (χ1) is 12.7. The van der Waals surface area contributed by atoms with Gasteiger partial charge in [-0.1, -0.05) is 11.6 Å². The van der Waals surface area contributed by atoms with E-state index in [2.05, 4.69) is 9.97 Å². The lowest BCUT2D eigenvalue weighted by atomic mass is 10.1. The number of aryl methyl sites for hydroxylation is 1. The first-order valence-corrected chi connectivity index (χ1v) is 9.32. The summed E-state index contributed by atoms with van der Waals surface area (Å²) in [5.41, 5.74) is -2.03. The minimum atomic E-state index is -4.74. The number of pyridine rings is 1. The number of methoxy groups -OCH3 is 1. The third-order valence-electron chi connectivity index (χ3n) is 3.81. The van der Waals surface area contributed by atoms with E-state index in [9.17, 15) is 18.0 Å². The van der Waals surface area contributed by atoms with Crippen LogP contribution in [-0.2, 0) is 17.5 Å². The predicted molar refractivity (Wildman–Crippen MR) is 101 cm³/mol. The first kappa shape index (κ1) is 20.0. The maximum Gasteiger partial charge on any atom is 0.417 e. The van der Waals surface area contributed by atoms with Gasteiger partial charge in [0, 0.05) is 20.3 Å². The average Bonchev–Trinajstić information content (AvgIpc) is 3.02. The molecular formula is C16H13ClF3N3O2S2. The van der Waals surface area contributed by atoms with E-state index >= 15 is 0 Å². The Morgan fingerprint density at radius 3 is 2.74 bits per heavy atom. The lowest BCUT2D eigenvalue weighted by Gasteiger charge is -2.15. The Hall–Kier alpha value is -1.75. The van der Waals surface area contributed by atoms with Crippen LogP contribution in [-0.4, -0.2) is 28.3 Å². The predicted octanol–water partition coefficient (Wildman–Crippen LogP) is 4.89. The molecule has 0 bridgehead atoms. The third-order valence-corrected chi connectivity index (χ3v) is 5.39. The van der Waals surface area contributed by atoms with Gasteiger partial charge >= 0.3 is 6.18 Å². The molecular weight excluding hydrogens is 423 g/mol. The van der Waals surface area contributed by atoms with E-state index < -0.39 is 22.7 Å². The minimum Gasteiger partial charge on any atom is -0.385 e. The van der Waals surface area contributed by atoms with Crippen LogP contribution in [0.4, 0.5) is 13.2 Å². The van der Waals surface area contributed by atoms with Crippen LogP contribution in [0.25, 0.3) is 21.6 Å². The number of thiophene rings is 1. The van der Waals surface area contributed by atoms with Gasteiger partial charge in [0.2, 0.25) is 0 Å². The van der Waals surface area contributed by atoms with E-state index in [4.69, 9.17) is 28.6 Å². The second-order valence-corrected chi connectivity index (χ2v) is 7.71. The lowest BCUT2D eigenvalue weighted by molar-refractivity contribution is -0.136. The summed E-state index contributed by atoms with van der Waals surface area (Å²) in [5, 5.41) is -0.542. The average molecular weight is 436 g/mol. The summed E-state index contributed by atoms with van der Waals surface area (Å²) in [4.78, 5) is 19.4. The molecule has 0 amide bonds. The molecule has 3 rings (SSSR count). The Bertz CT molecular complexity index is 1100. The molecule has 3 aromatic rings. The number of aromatic amines is 1. The quantitative estimate of drug-likeness (QED) is 0.458. The van der Waals surface area contributed by atoms with Crippen molar-refractivity contribution in [1.82, 2.24) is 14.5 Å². The fraction of sp³-hybridized carbons (Fsp3) is 0.312. The van der Waals surface area contributed by atoms with Crippen molar-refractivity contribution in [2.24, 2.45) is 0 Å². The van der Waals surface area contributed by atoms with Crippen molar-refractivity contribution in [3.05, 3.63) is 43.2 Å². The lowest BCUT2D eigenvalue weighted by Crippen LogP contribution is -2.21. The van der Waals surface area contributed by atoms with Crippen molar-refractivity contribution >= 4 is 46.2 Å². The van der Waals surface area contributed by atoms with Gasteiger partial charge < -0.3 is 9.30 Å². The second kappa shape index (κ2) is 7.70. The van der Waals surface area contributed by atoms with E-state index in [-0.39, 0.29) is 22.7 Å². The largest absolute Gasteiger partial charge is 0.417 e. The first-order valence-electron chi connectivity index (χ1n) is 7.72. The molecule has 0 atom stereocenters. The topological polar surface area (TPSA) is 59.9 Å². The molecule has 5 nitrogen and oxygen atoms in total. The van der Waals surface area contributed by atoms with Crippen molar-refractivity contribution in [2.75, 3.05) is 13.7 Å². The Labute approximate surface area is 165 Å². The smallest absolute Gasteiger partial charge is 0.385 e. The number of alkyl halides is 3. The number of nitrogens with zero attached hydrogens (tertiary/aromatic N) is 2. The number of aromatic nitrogens is 3. The Kier molecular flexibility index (Phi) is 5.71. The number of rotatable bonds is 5. The van der Waals surface area contributed by atoms with Gasteiger partial charge in [-0.15, -0.1) is 11.3 Å². The highest BCUT2D eigenvalue weighted by Gasteiger charge is 2.35. The summed E-state index contributed by atoms with van der Waals surface area (Å²) in [6.07, 6.45) is -4.25. The van der Waals surface area contributed by atoms with E-state index in [1.54, 1.807) is 12.1 Å². The van der Waals surface area contributed by atoms with Crippen molar-refractivity contribution < 1.29 is 17.9 Å². The Morgan fingerprint density at radius 1 is 1.41 bits per heavy atom. The Morgan fingerprint density at radius 2 is 2.15 bits per heavy atom. The van der Waals surface area contributed by atoms with Crippen LogP contribution in [0.3, 0.4) is 0 Å². The van der Waals surface area contributed by atoms with Crippen molar-refractivity contribution in [1.29, 1.82) is 0 Å². The van der Waals surface area contributed by atoms with Gasteiger partial charge in [0.15, 0.2) is 4.77 Å². The molecule has 3 aromatic heterocycles. The summed E-state index contributed by atoms with van der Waals surface area (Å²) in [6.45, 7) is 0.633. The van der Waals surface area contributed by atoms with Gasteiger partial charge in [0.25, 0.3) is 5.56 Å². The number of ether oxygens (including phenoxy) is 1. The van der Waals surface area contributed by atoms with Gasteiger partial charge in [-0.05, 0) is 36.8 Å². The molecule has 27 heavy (non-hydrogen) atoms. The summed E-state index contributed by atoms with van der Waals surface area (Å²) >= 11 is 12.1. The maximum atomic E-state index is 13.7. The zero-order valence-corrected chi connectivity index (χ0v) is 16.3. The monoisotopic (exact) mass is 435 g/mol. The molecule has 0 aliphatic carbocycles. The van der Waals surface area contributed by atoms with Crippen molar-refractivity contribution in [3.63, 3.8) is 0 Å². The fourth-order valence-electron chi connectivity index (χ4n) is 2.65. The van der Waals surface area contributed by atoms with Crippen LogP contribution >= 0.6 is 35.2 Å². The maximum absolute atomic E-state index is 13.7. The minimum absolute atomic E-state index is 0.00518. The molecule has 0 aliphatic rings. The second-order valence-electron chi connectivity index (χ2n) is 5.61. The molecule has 144 valence electrons. The van der Waals surface area contributed by atoms with Crippen molar-refractivity contribution in [3.8, 4) is 10.6 Å². The van der Waals surface area contributed by atoms with Crippen LogP contribution in [0.15, 0.2) is 23.0 Å². The molecule has 0 fully saturated rings. The van der Waals surface area contributed by atoms with E-state index in [1.165, 1.54) is 11.7 Å². The Balaban J connectivity index is 2.36. The van der Waals surface area contributed by atoms with Crippen LogP contribution in [0.5, 0.6) is 0 Å². The van der Waals surface area contributed by atoms with E-state index in [0.29, 0.717) is 22.2 Å². The highest BCUT2D eigenvalue weighted by Crippen LogP contribution is 2.37. The summed E-state index contributed by atoms with van der Waals surface area (Å²) in [6, 6.07) is 4.02. The zero-order chi connectivity index (χ0) is 19.8. The molecule has 0 aromatic carbocycles. The number of halogens is 4. The van der Waals surface area contributed by atoms with Crippen LogP contribution in [0, 0.1) is 4.77 Å². The van der Waals surface area contributed by atoms with Gasteiger partial charge in [-0.25, -0.2) is 4.98 Å². The highest BCUT2D eigenvalue weighted by molar-refractivity contribution is 7.71. The number of hydrogen-bond acceptors (Lipinski definition) is 5. The molecule has 3 heterocycles. The molecule has 0 spiro atoms. The van der Waals surface area contributed by atoms with Gasteiger partial charge in [0.1, 0.15) is 5.65 Å². The van der Waals surface area contributed by atoms with Gasteiger partial charge in [-0.2, -0.15) is 13.2 Å². The molecule has 0 saturated heterocycles. The number of H-pyrrole nitrogens is 1. The molecule has 0 aliphatic heterocycles. The zero-order valence-electron chi connectivity index (χ0n) is 13.9. The van der Waals surface area contributed by atoms with E-state index in [1.807, 2.05) is 0 Å². The van der Waals surface area contributed by atoms with Gasteiger partial charge in [-0.3, -0.25) is 9.78 Å². The fourth-order valence-corrected chi connectivity index (χ4v) is 3.92. The van der Waals surface area contributed by atoms with Crippen LogP contribution in [0.2, 0.25) is 4.34 Å². The molecule has 11 heteroatoms. The highest BCUT2D eigenvalue weighted by atomic mass is 35.5. The summed E-state index contributed by atoms with van der Waals surface area (Å²) in [5.74, 6) is 0. The van der Waals surface area contributed by atoms with Crippen molar-refractivity contribution in [2.45, 2.75) is 19.1 Å². The SMILES string of the molecule is COCCCn1c(=S)[nH]c(=O)c2c(C(F)(F)F)cc(-c3ccc(Cl)s3)nc21. The van der Waals surface area contributed by atoms with Crippen LogP contribution in [0.1, 0.15) is 12.0 Å². The van der Waals surface area contributed by atoms with Gasteiger partial charge in [0.05, 0.1) is 25.9 Å².